The van der Waals surface area contributed by atoms with Gasteiger partial charge < -0.3 is 14.4 Å². The van der Waals surface area contributed by atoms with Gasteiger partial charge in [-0.15, -0.1) is 5.10 Å². The second-order valence-corrected chi connectivity index (χ2v) is 6.53. The normalized spacial score (nSPS) is 16.2. The molecule has 0 amide bonds. The van der Waals surface area contributed by atoms with Crippen LogP contribution < -0.4 is 9.64 Å². The summed E-state index contributed by atoms with van der Waals surface area (Å²) in [5.41, 5.74) is 2.28. The summed E-state index contributed by atoms with van der Waals surface area (Å²) in [6, 6.07) is 12.1. The number of nitrogens with zero attached hydrogens (tertiary/aromatic N) is 5. The lowest BCUT2D eigenvalue weighted by Crippen LogP contribution is -3.14. The van der Waals surface area contributed by atoms with Crippen LogP contribution in [0.4, 0.5) is 0 Å². The van der Waals surface area contributed by atoms with Gasteiger partial charge in [0, 0.05) is 18.0 Å². The largest absolute Gasteiger partial charge is 0.497 e. The molecule has 0 bridgehead atoms. The Balaban J connectivity index is 1.65. The third-order valence-electron chi connectivity index (χ3n) is 4.89. The molecule has 0 saturated carbocycles. The van der Waals surface area contributed by atoms with Crippen LogP contribution in [0.3, 0.4) is 0 Å². The molecule has 8 nitrogen and oxygen atoms in total. The minimum Gasteiger partial charge on any atom is -0.497 e. The highest BCUT2D eigenvalue weighted by Gasteiger charge is 2.32. The number of quaternary nitrogens is 1. The van der Waals surface area contributed by atoms with Gasteiger partial charge in [0.15, 0.2) is 6.04 Å². The molecule has 27 heavy (non-hydrogen) atoms. The maximum absolute atomic E-state index is 5.55. The third kappa shape index (κ3) is 3.96. The lowest BCUT2D eigenvalue weighted by molar-refractivity contribution is -0.933. The maximum atomic E-state index is 5.55. The summed E-state index contributed by atoms with van der Waals surface area (Å²) in [5.74, 6) is 1.69. The third-order valence-corrected chi connectivity index (χ3v) is 4.89. The van der Waals surface area contributed by atoms with Crippen LogP contribution in [0.2, 0.25) is 0 Å². The highest BCUT2D eigenvalue weighted by molar-refractivity contribution is 5.27. The van der Waals surface area contributed by atoms with Crippen molar-refractivity contribution < 1.29 is 14.4 Å². The summed E-state index contributed by atoms with van der Waals surface area (Å²) < 4.78 is 12.7. The van der Waals surface area contributed by atoms with E-state index in [1.54, 1.807) is 7.11 Å². The van der Waals surface area contributed by atoms with Crippen LogP contribution in [0, 0.1) is 0 Å². The van der Waals surface area contributed by atoms with E-state index in [0.717, 1.165) is 49.0 Å². The van der Waals surface area contributed by atoms with E-state index in [2.05, 4.69) is 20.5 Å². The Morgan fingerprint density at radius 1 is 1.11 bits per heavy atom. The van der Waals surface area contributed by atoms with Crippen molar-refractivity contribution in [3.63, 3.8) is 0 Å². The first-order valence-electron chi connectivity index (χ1n) is 9.06. The van der Waals surface area contributed by atoms with Crippen molar-refractivity contribution >= 4 is 0 Å². The molecule has 3 aromatic rings. The first-order valence-corrected chi connectivity index (χ1v) is 9.06. The fourth-order valence-corrected chi connectivity index (χ4v) is 3.48. The smallest absolute Gasteiger partial charge is 0.214 e. The number of benzene rings is 1. The molecule has 3 heterocycles. The van der Waals surface area contributed by atoms with Crippen molar-refractivity contribution in [3.05, 3.63) is 65.7 Å². The number of aromatic nitrogens is 5. The summed E-state index contributed by atoms with van der Waals surface area (Å²) >= 11 is 0. The maximum Gasteiger partial charge on any atom is 0.214 e. The molecule has 2 aromatic heterocycles. The second-order valence-electron chi connectivity index (χ2n) is 6.53. The van der Waals surface area contributed by atoms with E-state index >= 15 is 0 Å². The number of hydrogen-bond donors (Lipinski definition) is 1. The highest BCUT2D eigenvalue weighted by atomic mass is 16.5. The quantitative estimate of drug-likeness (QED) is 0.667. The van der Waals surface area contributed by atoms with Gasteiger partial charge in [0.05, 0.1) is 26.9 Å². The zero-order valence-electron chi connectivity index (χ0n) is 15.3. The number of morpholine rings is 1. The Hall–Kier alpha value is -2.84. The van der Waals surface area contributed by atoms with Crippen LogP contribution in [0.1, 0.15) is 23.0 Å². The molecule has 1 aromatic carbocycles. The average molecular weight is 367 g/mol. The Morgan fingerprint density at radius 2 is 1.85 bits per heavy atom. The highest BCUT2D eigenvalue weighted by Crippen LogP contribution is 2.18. The van der Waals surface area contributed by atoms with Crippen LogP contribution in [0.5, 0.6) is 5.75 Å². The lowest BCUT2D eigenvalue weighted by atomic mass is 10.1. The number of nitrogens with one attached hydrogen (secondary N) is 1. The number of methoxy groups -OCH3 is 1. The van der Waals surface area contributed by atoms with Crippen molar-refractivity contribution in [2.45, 2.75) is 12.6 Å². The minimum absolute atomic E-state index is 0.0464. The SMILES string of the molecule is COc1ccc(Cn2nnnc2[C@@H](c2ccncc2)[NH+]2CCOCC2)cc1. The molecule has 8 heteroatoms. The molecule has 1 saturated heterocycles. The van der Waals surface area contributed by atoms with Crippen molar-refractivity contribution in [2.75, 3.05) is 33.4 Å². The Labute approximate surface area is 157 Å². The Morgan fingerprint density at radius 3 is 2.56 bits per heavy atom. The lowest BCUT2D eigenvalue weighted by Gasteiger charge is -2.30. The van der Waals surface area contributed by atoms with E-state index in [-0.39, 0.29) is 6.04 Å². The van der Waals surface area contributed by atoms with Crippen LogP contribution in [0.15, 0.2) is 48.8 Å². The van der Waals surface area contributed by atoms with Gasteiger partial charge in [-0.25, -0.2) is 4.68 Å². The van der Waals surface area contributed by atoms with Gasteiger partial charge in [-0.2, -0.15) is 0 Å². The second kappa shape index (κ2) is 8.24. The number of hydrogen-bond acceptors (Lipinski definition) is 6. The molecule has 1 fully saturated rings. The van der Waals surface area contributed by atoms with E-state index in [4.69, 9.17) is 9.47 Å². The molecule has 140 valence electrons. The predicted octanol–water partition coefficient (Wildman–Crippen LogP) is 0.130. The van der Waals surface area contributed by atoms with E-state index in [1.165, 1.54) is 4.90 Å². The average Bonchev–Trinajstić information content (AvgIpc) is 3.18. The van der Waals surface area contributed by atoms with Gasteiger partial charge in [-0.05, 0) is 40.3 Å². The van der Waals surface area contributed by atoms with Gasteiger partial charge in [0.1, 0.15) is 18.8 Å². The number of rotatable bonds is 6. The van der Waals surface area contributed by atoms with Crippen molar-refractivity contribution in [1.29, 1.82) is 0 Å². The molecule has 1 aliphatic heterocycles. The van der Waals surface area contributed by atoms with Crippen LogP contribution in [-0.2, 0) is 11.3 Å². The summed E-state index contributed by atoms with van der Waals surface area (Å²) in [6.45, 7) is 3.94. The molecule has 4 rings (SSSR count). The Kier molecular flexibility index (Phi) is 5.36. The zero-order chi connectivity index (χ0) is 18.5. The van der Waals surface area contributed by atoms with Crippen LogP contribution in [-0.4, -0.2) is 58.6 Å². The minimum atomic E-state index is 0.0464. The Bertz CT molecular complexity index is 846. The molecular weight excluding hydrogens is 344 g/mol. The topological polar surface area (TPSA) is 79.4 Å². The molecule has 0 aliphatic carbocycles. The van der Waals surface area contributed by atoms with Gasteiger partial charge in [0.2, 0.25) is 5.82 Å². The van der Waals surface area contributed by atoms with E-state index < -0.39 is 0 Å². The standard InChI is InChI=1S/C19H22N6O2/c1-26-17-4-2-15(3-5-17)14-25-19(21-22-23-25)18(16-6-8-20-9-7-16)24-10-12-27-13-11-24/h2-9,18H,10-14H2,1H3/p+1/t18-/m1/s1. The molecule has 1 N–H and O–H groups in total. The van der Waals surface area contributed by atoms with Crippen molar-refractivity contribution in [3.8, 4) is 5.75 Å². The first kappa shape index (κ1) is 17.6. The van der Waals surface area contributed by atoms with Crippen LogP contribution >= 0.6 is 0 Å². The molecule has 0 radical (unpaired) electrons. The van der Waals surface area contributed by atoms with Crippen molar-refractivity contribution in [2.24, 2.45) is 0 Å². The summed E-state index contributed by atoms with van der Waals surface area (Å²) in [4.78, 5) is 5.56. The molecule has 1 aliphatic rings. The van der Waals surface area contributed by atoms with E-state index in [9.17, 15) is 0 Å². The number of tetrazole rings is 1. The fourth-order valence-electron chi connectivity index (χ4n) is 3.48. The van der Waals surface area contributed by atoms with Gasteiger partial charge >= 0.3 is 0 Å². The zero-order valence-corrected chi connectivity index (χ0v) is 15.3. The fraction of sp³-hybridized carbons (Fsp3) is 0.368. The van der Waals surface area contributed by atoms with E-state index in [0.29, 0.717) is 6.54 Å². The van der Waals surface area contributed by atoms with Crippen LogP contribution in [0.25, 0.3) is 0 Å². The number of pyridine rings is 1. The summed E-state index contributed by atoms with van der Waals surface area (Å²) in [7, 11) is 1.67. The molecule has 1 atom stereocenters. The van der Waals surface area contributed by atoms with E-state index in [1.807, 2.05) is 53.5 Å². The number of ether oxygens (including phenoxy) is 2. The first-order chi connectivity index (χ1) is 13.3. The van der Waals surface area contributed by atoms with Gasteiger partial charge in [-0.1, -0.05) is 12.1 Å². The van der Waals surface area contributed by atoms with Gasteiger partial charge in [0.25, 0.3) is 0 Å². The summed E-state index contributed by atoms with van der Waals surface area (Å²) in [5, 5.41) is 12.6. The monoisotopic (exact) mass is 367 g/mol. The van der Waals surface area contributed by atoms with Crippen molar-refractivity contribution in [1.82, 2.24) is 25.2 Å². The summed E-state index contributed by atoms with van der Waals surface area (Å²) in [6.07, 6.45) is 3.64. The van der Waals surface area contributed by atoms with Gasteiger partial charge in [-0.3, -0.25) is 4.98 Å². The molecule has 0 unspecified atom stereocenters. The molecular formula is C19H23N6O2+. The predicted molar refractivity (Wildman–Crippen MR) is 97.5 cm³/mol. The molecule has 0 spiro atoms.